The van der Waals surface area contributed by atoms with Crippen molar-refractivity contribution in [1.29, 1.82) is 0 Å². The number of carbonyl (C=O) groups excluding carboxylic acids is 1. The fourth-order valence-corrected chi connectivity index (χ4v) is 3.54. The van der Waals surface area contributed by atoms with Crippen molar-refractivity contribution in [2.45, 2.75) is 44.2 Å². The lowest BCUT2D eigenvalue weighted by Gasteiger charge is -2.49. The van der Waals surface area contributed by atoms with Gasteiger partial charge in [0, 0.05) is 18.5 Å². The maximum absolute atomic E-state index is 12.4. The second-order valence-electron chi connectivity index (χ2n) is 5.79. The molecule has 0 bridgehead atoms. The molecule has 3 heteroatoms. The summed E-state index contributed by atoms with van der Waals surface area (Å²) in [5.74, 6) is 0.344. The van der Waals surface area contributed by atoms with Gasteiger partial charge in [-0.2, -0.15) is 0 Å². The van der Waals surface area contributed by atoms with E-state index in [1.54, 1.807) is 0 Å². The number of benzene rings is 1. The Labute approximate surface area is 115 Å². The normalized spacial score (nSPS) is 22.7. The van der Waals surface area contributed by atoms with Gasteiger partial charge in [-0.15, -0.1) is 0 Å². The third-order valence-electron chi connectivity index (χ3n) is 4.62. The van der Waals surface area contributed by atoms with Crippen molar-refractivity contribution in [1.82, 2.24) is 10.2 Å². The molecule has 2 aliphatic rings. The highest BCUT2D eigenvalue weighted by molar-refractivity contribution is 5.78. The van der Waals surface area contributed by atoms with Crippen LogP contribution < -0.4 is 5.32 Å². The fourth-order valence-electron chi connectivity index (χ4n) is 3.54. The van der Waals surface area contributed by atoms with E-state index < -0.39 is 0 Å². The van der Waals surface area contributed by atoms with Crippen molar-refractivity contribution in [3.8, 4) is 0 Å². The number of hydrogen-bond donors (Lipinski definition) is 1. The minimum Gasteiger partial charge on any atom is -0.333 e. The molecule has 2 aliphatic heterocycles. The highest BCUT2D eigenvalue weighted by atomic mass is 16.2. The zero-order valence-corrected chi connectivity index (χ0v) is 11.4. The molecule has 19 heavy (non-hydrogen) atoms. The van der Waals surface area contributed by atoms with Crippen LogP contribution in [0.5, 0.6) is 0 Å². The Bertz CT molecular complexity index is 432. The van der Waals surface area contributed by atoms with Gasteiger partial charge in [-0.1, -0.05) is 30.3 Å². The van der Waals surface area contributed by atoms with E-state index in [0.717, 1.165) is 45.3 Å². The Balaban J connectivity index is 1.83. The van der Waals surface area contributed by atoms with Gasteiger partial charge in [-0.3, -0.25) is 4.79 Å². The molecule has 1 aromatic carbocycles. The van der Waals surface area contributed by atoms with Crippen molar-refractivity contribution in [3.05, 3.63) is 35.9 Å². The summed E-state index contributed by atoms with van der Waals surface area (Å²) in [4.78, 5) is 14.6. The minimum atomic E-state index is 0.121. The Morgan fingerprint density at radius 2 is 1.84 bits per heavy atom. The zero-order chi connectivity index (χ0) is 13.1. The van der Waals surface area contributed by atoms with Crippen molar-refractivity contribution in [2.75, 3.05) is 13.1 Å². The van der Waals surface area contributed by atoms with E-state index in [1.165, 1.54) is 12.0 Å². The van der Waals surface area contributed by atoms with Gasteiger partial charge >= 0.3 is 0 Å². The number of carbonyl (C=O) groups is 1. The third-order valence-corrected chi connectivity index (χ3v) is 4.62. The van der Waals surface area contributed by atoms with Crippen LogP contribution in [0.1, 0.15) is 37.7 Å². The van der Waals surface area contributed by atoms with Crippen LogP contribution in [-0.4, -0.2) is 29.4 Å². The summed E-state index contributed by atoms with van der Waals surface area (Å²) >= 11 is 0. The van der Waals surface area contributed by atoms with E-state index in [1.807, 2.05) is 6.07 Å². The first-order valence-electron chi connectivity index (χ1n) is 7.35. The molecule has 102 valence electrons. The molecule has 0 aliphatic carbocycles. The van der Waals surface area contributed by atoms with Crippen LogP contribution in [-0.2, 0) is 11.3 Å². The lowest BCUT2D eigenvalue weighted by Crippen LogP contribution is -2.58. The van der Waals surface area contributed by atoms with Gasteiger partial charge in [0.2, 0.25) is 5.91 Å². The molecule has 1 spiro atoms. The maximum atomic E-state index is 12.4. The Kier molecular flexibility index (Phi) is 3.56. The first-order valence-corrected chi connectivity index (χ1v) is 7.35. The molecule has 0 unspecified atom stereocenters. The molecule has 2 heterocycles. The predicted octanol–water partition coefficient (Wildman–Crippen LogP) is 2.32. The molecule has 1 N–H and O–H groups in total. The lowest BCUT2D eigenvalue weighted by molar-refractivity contribution is -0.144. The molecule has 0 atom stereocenters. The van der Waals surface area contributed by atoms with E-state index in [4.69, 9.17) is 0 Å². The van der Waals surface area contributed by atoms with Gasteiger partial charge < -0.3 is 10.2 Å². The SMILES string of the molecule is O=C1CCCC2(CCNCC2)N1Cc1ccccc1. The third kappa shape index (κ3) is 2.52. The van der Waals surface area contributed by atoms with Crippen LogP contribution in [0.15, 0.2) is 30.3 Å². The smallest absolute Gasteiger partial charge is 0.223 e. The van der Waals surface area contributed by atoms with Crippen molar-refractivity contribution >= 4 is 5.91 Å². The molecule has 1 amide bonds. The molecular weight excluding hydrogens is 236 g/mol. The van der Waals surface area contributed by atoms with Crippen LogP contribution in [0.4, 0.5) is 0 Å². The van der Waals surface area contributed by atoms with Gasteiger partial charge in [-0.05, 0) is 44.3 Å². The zero-order valence-electron chi connectivity index (χ0n) is 11.4. The highest BCUT2D eigenvalue weighted by Gasteiger charge is 2.42. The Hall–Kier alpha value is -1.35. The van der Waals surface area contributed by atoms with Crippen molar-refractivity contribution in [2.24, 2.45) is 0 Å². The second-order valence-corrected chi connectivity index (χ2v) is 5.79. The monoisotopic (exact) mass is 258 g/mol. The summed E-state index contributed by atoms with van der Waals surface area (Å²) in [7, 11) is 0. The maximum Gasteiger partial charge on any atom is 0.223 e. The predicted molar refractivity (Wildman–Crippen MR) is 75.7 cm³/mol. The van der Waals surface area contributed by atoms with Crippen LogP contribution in [0.3, 0.4) is 0 Å². The van der Waals surface area contributed by atoms with Crippen LogP contribution in [0, 0.1) is 0 Å². The molecule has 0 saturated carbocycles. The number of rotatable bonds is 2. The standard InChI is InChI=1S/C16H22N2O/c19-15-7-4-8-16(9-11-17-12-10-16)18(15)13-14-5-2-1-3-6-14/h1-3,5-6,17H,4,7-13H2. The van der Waals surface area contributed by atoms with Gasteiger partial charge in [0.05, 0.1) is 0 Å². The lowest BCUT2D eigenvalue weighted by atomic mass is 9.78. The number of likely N-dealkylation sites (tertiary alicyclic amines) is 1. The summed E-state index contributed by atoms with van der Waals surface area (Å²) in [6, 6.07) is 10.4. The van der Waals surface area contributed by atoms with Gasteiger partial charge in [0.1, 0.15) is 0 Å². The molecule has 2 saturated heterocycles. The van der Waals surface area contributed by atoms with E-state index >= 15 is 0 Å². The van der Waals surface area contributed by atoms with Crippen molar-refractivity contribution < 1.29 is 4.79 Å². The molecule has 3 rings (SSSR count). The van der Waals surface area contributed by atoms with Crippen LogP contribution in [0.2, 0.25) is 0 Å². The molecule has 3 nitrogen and oxygen atoms in total. The summed E-state index contributed by atoms with van der Waals surface area (Å²) < 4.78 is 0. The van der Waals surface area contributed by atoms with Crippen LogP contribution in [0.25, 0.3) is 0 Å². The Morgan fingerprint density at radius 1 is 1.11 bits per heavy atom. The Morgan fingerprint density at radius 3 is 2.58 bits per heavy atom. The first-order chi connectivity index (χ1) is 9.30. The topological polar surface area (TPSA) is 32.3 Å². The molecule has 1 aromatic rings. The number of amides is 1. The van der Waals surface area contributed by atoms with E-state index in [0.29, 0.717) is 5.91 Å². The molecule has 2 fully saturated rings. The van der Waals surface area contributed by atoms with E-state index in [-0.39, 0.29) is 5.54 Å². The number of nitrogens with zero attached hydrogens (tertiary/aromatic N) is 1. The summed E-state index contributed by atoms with van der Waals surface area (Å²) in [6.45, 7) is 2.86. The quantitative estimate of drug-likeness (QED) is 0.883. The van der Waals surface area contributed by atoms with Gasteiger partial charge in [0.25, 0.3) is 0 Å². The second kappa shape index (κ2) is 5.33. The largest absolute Gasteiger partial charge is 0.333 e. The average Bonchev–Trinajstić information content (AvgIpc) is 2.45. The summed E-state index contributed by atoms with van der Waals surface area (Å²) in [5.41, 5.74) is 1.37. The van der Waals surface area contributed by atoms with Gasteiger partial charge in [-0.25, -0.2) is 0 Å². The van der Waals surface area contributed by atoms with E-state index in [9.17, 15) is 4.79 Å². The fraction of sp³-hybridized carbons (Fsp3) is 0.562. The number of piperidine rings is 2. The average molecular weight is 258 g/mol. The molecule has 0 aromatic heterocycles. The summed E-state index contributed by atoms with van der Waals surface area (Å²) in [6.07, 6.45) is 5.16. The minimum absolute atomic E-state index is 0.121. The van der Waals surface area contributed by atoms with Crippen LogP contribution >= 0.6 is 0 Å². The van der Waals surface area contributed by atoms with Gasteiger partial charge in [0.15, 0.2) is 0 Å². The summed E-state index contributed by atoms with van der Waals surface area (Å²) in [5, 5.41) is 3.42. The van der Waals surface area contributed by atoms with Crippen molar-refractivity contribution in [3.63, 3.8) is 0 Å². The van der Waals surface area contributed by atoms with E-state index in [2.05, 4.69) is 34.5 Å². The number of hydrogen-bond acceptors (Lipinski definition) is 2. The highest BCUT2D eigenvalue weighted by Crippen LogP contribution is 2.37. The molecule has 0 radical (unpaired) electrons. The molecular formula is C16H22N2O. The first kappa shape index (κ1) is 12.7. The number of nitrogens with one attached hydrogen (secondary N) is 1.